The van der Waals surface area contributed by atoms with Gasteiger partial charge in [-0.2, -0.15) is 0 Å². The lowest BCUT2D eigenvalue weighted by molar-refractivity contribution is -0.138. The average Bonchev–Trinajstić information content (AvgIpc) is 2.71. The van der Waals surface area contributed by atoms with Gasteiger partial charge in [-0.1, -0.05) is 6.92 Å². The highest BCUT2D eigenvalue weighted by atomic mass is 32.1. The van der Waals surface area contributed by atoms with Crippen LogP contribution in [0.3, 0.4) is 0 Å². The van der Waals surface area contributed by atoms with E-state index in [2.05, 4.69) is 5.32 Å². The van der Waals surface area contributed by atoms with Crippen molar-refractivity contribution in [1.29, 1.82) is 0 Å². The van der Waals surface area contributed by atoms with E-state index in [0.717, 1.165) is 11.3 Å². The van der Waals surface area contributed by atoms with E-state index in [-0.39, 0.29) is 18.6 Å². The fourth-order valence-corrected chi connectivity index (χ4v) is 2.79. The van der Waals surface area contributed by atoms with E-state index in [1.165, 1.54) is 15.3 Å². The van der Waals surface area contributed by atoms with E-state index in [9.17, 15) is 9.59 Å². The number of carbonyl (C=O) groups excluding carboxylic acids is 1. The number of urea groups is 1. The van der Waals surface area contributed by atoms with Crippen molar-refractivity contribution in [2.24, 2.45) is 0 Å². The Bertz CT molecular complexity index is 465. The minimum Gasteiger partial charge on any atom is -0.480 e. The molecule has 0 bridgehead atoms. The molecule has 5 nitrogen and oxygen atoms in total. The largest absolute Gasteiger partial charge is 0.480 e. The Morgan fingerprint density at radius 3 is 2.55 bits per heavy atom. The summed E-state index contributed by atoms with van der Waals surface area (Å²) in [5.41, 5.74) is 1.21. The number of carbonyl (C=O) groups is 2. The van der Waals surface area contributed by atoms with Crippen LogP contribution in [0.25, 0.3) is 0 Å². The second-order valence-electron chi connectivity index (χ2n) is 4.89. The first-order valence-electron chi connectivity index (χ1n) is 6.67. The van der Waals surface area contributed by atoms with Gasteiger partial charge in [-0.15, -0.1) is 11.3 Å². The third kappa shape index (κ3) is 4.52. The molecule has 1 heterocycles. The molecule has 1 aromatic rings. The van der Waals surface area contributed by atoms with Crippen LogP contribution in [0.1, 0.15) is 35.6 Å². The summed E-state index contributed by atoms with van der Waals surface area (Å²) < 4.78 is 0. The molecule has 2 amide bonds. The quantitative estimate of drug-likeness (QED) is 0.848. The highest BCUT2D eigenvalue weighted by Crippen LogP contribution is 2.20. The number of aliphatic carboxylic acids is 1. The second-order valence-corrected chi connectivity index (χ2v) is 6.23. The third-order valence-corrected chi connectivity index (χ3v) is 4.47. The summed E-state index contributed by atoms with van der Waals surface area (Å²) in [6, 6.07) is 1.62. The zero-order valence-electron chi connectivity index (χ0n) is 12.4. The van der Waals surface area contributed by atoms with Crippen molar-refractivity contribution in [2.45, 2.75) is 46.7 Å². The molecule has 0 spiro atoms. The number of amides is 2. The van der Waals surface area contributed by atoms with Crippen molar-refractivity contribution < 1.29 is 14.7 Å². The zero-order valence-corrected chi connectivity index (χ0v) is 13.2. The number of aryl methyl sites for hydroxylation is 2. The smallest absolute Gasteiger partial charge is 0.323 e. The highest BCUT2D eigenvalue weighted by molar-refractivity contribution is 7.12. The van der Waals surface area contributed by atoms with Crippen LogP contribution in [0.5, 0.6) is 0 Å². The SMILES string of the molecule is CCC(C)N(CC(=O)O)C(=O)NCc1cc(C)c(C)s1. The minimum absolute atomic E-state index is 0.0992. The van der Waals surface area contributed by atoms with Crippen LogP contribution in [-0.4, -0.2) is 34.6 Å². The lowest BCUT2D eigenvalue weighted by Crippen LogP contribution is -2.47. The lowest BCUT2D eigenvalue weighted by Gasteiger charge is -2.26. The predicted octanol–water partition coefficient (Wildman–Crippen LogP) is 2.76. The van der Waals surface area contributed by atoms with Crippen molar-refractivity contribution in [3.05, 3.63) is 21.4 Å². The predicted molar refractivity (Wildman–Crippen MR) is 80.1 cm³/mol. The van der Waals surface area contributed by atoms with Crippen LogP contribution in [0.15, 0.2) is 6.07 Å². The van der Waals surface area contributed by atoms with Gasteiger partial charge < -0.3 is 15.3 Å². The van der Waals surface area contributed by atoms with Gasteiger partial charge in [-0.3, -0.25) is 4.79 Å². The summed E-state index contributed by atoms with van der Waals surface area (Å²) in [5, 5.41) is 11.7. The molecule has 1 unspecified atom stereocenters. The number of thiophene rings is 1. The Morgan fingerprint density at radius 1 is 1.45 bits per heavy atom. The van der Waals surface area contributed by atoms with Crippen molar-refractivity contribution >= 4 is 23.3 Å². The molecule has 1 atom stereocenters. The van der Waals surface area contributed by atoms with Crippen molar-refractivity contribution in [2.75, 3.05) is 6.54 Å². The van der Waals surface area contributed by atoms with Crippen LogP contribution >= 0.6 is 11.3 Å². The van der Waals surface area contributed by atoms with Crippen LogP contribution in [0, 0.1) is 13.8 Å². The van der Waals surface area contributed by atoms with E-state index in [4.69, 9.17) is 5.11 Å². The van der Waals surface area contributed by atoms with Crippen molar-refractivity contribution in [3.63, 3.8) is 0 Å². The van der Waals surface area contributed by atoms with Gasteiger partial charge in [-0.25, -0.2) is 4.79 Å². The summed E-state index contributed by atoms with van der Waals surface area (Å²) in [6.07, 6.45) is 0.720. The number of nitrogens with one attached hydrogen (secondary N) is 1. The Hall–Kier alpha value is -1.56. The number of carboxylic acids is 1. The zero-order chi connectivity index (χ0) is 15.3. The minimum atomic E-state index is -0.997. The molecule has 0 aliphatic rings. The lowest BCUT2D eigenvalue weighted by atomic mass is 10.2. The maximum absolute atomic E-state index is 12.1. The summed E-state index contributed by atoms with van der Waals surface area (Å²) in [6.45, 7) is 8.02. The Balaban J connectivity index is 2.63. The van der Waals surface area contributed by atoms with E-state index in [1.807, 2.05) is 33.8 Å². The molecule has 0 saturated carbocycles. The molecule has 20 heavy (non-hydrogen) atoms. The molecular weight excluding hydrogens is 276 g/mol. The Kier molecular flexibility index (Phi) is 6.01. The van der Waals surface area contributed by atoms with Crippen LogP contribution in [-0.2, 0) is 11.3 Å². The maximum Gasteiger partial charge on any atom is 0.323 e. The normalized spacial score (nSPS) is 12.0. The first kappa shape index (κ1) is 16.5. The molecule has 1 aromatic heterocycles. The standard InChI is InChI=1S/C14H22N2O3S/c1-5-10(3)16(8-13(17)18)14(19)15-7-12-6-9(2)11(4)20-12/h6,10H,5,7-8H2,1-4H3,(H,15,19)(H,17,18). The number of hydrogen-bond donors (Lipinski definition) is 2. The number of nitrogens with zero attached hydrogens (tertiary/aromatic N) is 1. The molecule has 0 radical (unpaired) electrons. The molecule has 0 aliphatic carbocycles. The maximum atomic E-state index is 12.1. The second kappa shape index (κ2) is 7.28. The molecule has 2 N–H and O–H groups in total. The van der Waals surface area contributed by atoms with Gasteiger partial charge in [0.1, 0.15) is 6.54 Å². The fourth-order valence-electron chi connectivity index (χ4n) is 1.80. The fraction of sp³-hybridized carbons (Fsp3) is 0.571. The molecular formula is C14H22N2O3S. The van der Waals surface area contributed by atoms with Gasteiger partial charge in [-0.05, 0) is 38.8 Å². The van der Waals surface area contributed by atoms with Gasteiger partial charge in [0.15, 0.2) is 0 Å². The summed E-state index contributed by atoms with van der Waals surface area (Å²) in [4.78, 5) is 26.6. The molecule has 112 valence electrons. The van der Waals surface area contributed by atoms with E-state index in [0.29, 0.717) is 6.54 Å². The molecule has 0 saturated heterocycles. The topological polar surface area (TPSA) is 69.6 Å². The van der Waals surface area contributed by atoms with Crippen molar-refractivity contribution in [3.8, 4) is 0 Å². The molecule has 6 heteroatoms. The molecule has 0 fully saturated rings. The van der Waals surface area contributed by atoms with Gasteiger partial charge in [0, 0.05) is 15.8 Å². The summed E-state index contributed by atoms with van der Waals surface area (Å²) in [7, 11) is 0. The van der Waals surface area contributed by atoms with E-state index < -0.39 is 5.97 Å². The van der Waals surface area contributed by atoms with Gasteiger partial charge >= 0.3 is 12.0 Å². The summed E-state index contributed by atoms with van der Waals surface area (Å²) >= 11 is 1.65. The van der Waals surface area contributed by atoms with Crippen LogP contribution in [0.4, 0.5) is 4.79 Å². The first-order valence-corrected chi connectivity index (χ1v) is 7.49. The van der Waals surface area contributed by atoms with Gasteiger partial charge in [0.05, 0.1) is 6.54 Å². The van der Waals surface area contributed by atoms with Gasteiger partial charge in [0.25, 0.3) is 0 Å². The number of rotatable bonds is 6. The first-order chi connectivity index (χ1) is 9.35. The number of hydrogen-bond acceptors (Lipinski definition) is 3. The average molecular weight is 298 g/mol. The van der Waals surface area contributed by atoms with Crippen LogP contribution in [0.2, 0.25) is 0 Å². The third-order valence-electron chi connectivity index (χ3n) is 3.32. The molecule has 0 aliphatic heterocycles. The monoisotopic (exact) mass is 298 g/mol. The Morgan fingerprint density at radius 2 is 2.10 bits per heavy atom. The Labute approximate surface area is 123 Å². The van der Waals surface area contributed by atoms with E-state index in [1.54, 1.807) is 11.3 Å². The number of carboxylic acid groups (broad SMARTS) is 1. The molecule has 0 aromatic carbocycles. The van der Waals surface area contributed by atoms with Crippen LogP contribution < -0.4 is 5.32 Å². The highest BCUT2D eigenvalue weighted by Gasteiger charge is 2.21. The van der Waals surface area contributed by atoms with E-state index >= 15 is 0 Å². The van der Waals surface area contributed by atoms with Gasteiger partial charge in [0.2, 0.25) is 0 Å². The van der Waals surface area contributed by atoms with Crippen molar-refractivity contribution in [1.82, 2.24) is 10.2 Å². The summed E-state index contributed by atoms with van der Waals surface area (Å²) in [5.74, 6) is -0.997. The molecule has 1 rings (SSSR count).